The third-order valence-corrected chi connectivity index (χ3v) is 2.68. The minimum Gasteiger partial charge on any atom is -0.406 e. The molecule has 4 nitrogen and oxygen atoms in total. The van der Waals surface area contributed by atoms with Gasteiger partial charge in [0.2, 0.25) is 5.91 Å². The van der Waals surface area contributed by atoms with Gasteiger partial charge >= 0.3 is 6.36 Å². The van der Waals surface area contributed by atoms with Gasteiger partial charge in [-0.3, -0.25) is 4.79 Å². The maximum absolute atomic E-state index is 11.9. The van der Waals surface area contributed by atoms with Gasteiger partial charge in [0, 0.05) is 0 Å². The van der Waals surface area contributed by atoms with Gasteiger partial charge in [-0.1, -0.05) is 18.6 Å². The lowest BCUT2D eigenvalue weighted by atomic mass is 10.1. The van der Waals surface area contributed by atoms with Crippen LogP contribution in [-0.2, 0) is 11.2 Å². The smallest absolute Gasteiger partial charge is 0.406 e. The number of aryl methyl sites for hydroxylation is 1. The molecule has 0 aromatic heterocycles. The molecule has 0 aliphatic carbocycles. The number of aliphatic hydroxyl groups is 1. The molecule has 0 fully saturated rings. The third-order valence-electron chi connectivity index (χ3n) is 2.68. The van der Waals surface area contributed by atoms with Crippen LogP contribution in [0.5, 0.6) is 5.75 Å². The van der Waals surface area contributed by atoms with Gasteiger partial charge in [-0.05, 0) is 37.0 Å². The second-order valence-electron chi connectivity index (χ2n) is 4.36. The Labute approximate surface area is 114 Å². The van der Waals surface area contributed by atoms with Gasteiger partial charge in [0.05, 0.1) is 0 Å². The molecular weight excluding hydrogens is 275 g/mol. The Kier molecular flexibility index (Phi) is 5.82. The molecule has 0 bridgehead atoms. The number of hydrogen-bond donors (Lipinski definition) is 2. The molecule has 0 aliphatic heterocycles. The second kappa shape index (κ2) is 7.14. The number of hydrogen-bond acceptors (Lipinski definition) is 3. The van der Waals surface area contributed by atoms with Crippen molar-refractivity contribution in [2.45, 2.75) is 38.1 Å². The number of nitrogens with two attached hydrogens (primary N) is 1. The van der Waals surface area contributed by atoms with E-state index in [1.165, 1.54) is 12.1 Å². The molecule has 7 heteroatoms. The average Bonchev–Trinajstić information content (AvgIpc) is 2.34. The zero-order chi connectivity index (χ0) is 15.2. The number of aliphatic hydroxyl groups excluding tert-OH is 1. The Bertz CT molecular complexity index is 431. The van der Waals surface area contributed by atoms with Crippen molar-refractivity contribution < 1.29 is 27.8 Å². The fourth-order valence-corrected chi connectivity index (χ4v) is 1.67. The summed E-state index contributed by atoms with van der Waals surface area (Å²) in [6.45, 7) is 0. The van der Waals surface area contributed by atoms with Crippen LogP contribution >= 0.6 is 0 Å². The molecule has 1 aromatic rings. The van der Waals surface area contributed by atoms with Crippen LogP contribution in [0.25, 0.3) is 0 Å². The number of carbonyl (C=O) groups excluding carboxylic acids is 1. The molecule has 0 saturated carbocycles. The summed E-state index contributed by atoms with van der Waals surface area (Å²) in [7, 11) is 0. The van der Waals surface area contributed by atoms with E-state index in [2.05, 4.69) is 4.74 Å². The molecule has 1 amide bonds. The summed E-state index contributed by atoms with van der Waals surface area (Å²) in [4.78, 5) is 10.6. The summed E-state index contributed by atoms with van der Waals surface area (Å²) in [6.07, 6.45) is -3.61. The van der Waals surface area contributed by atoms with Crippen LogP contribution in [-0.4, -0.2) is 23.5 Å². The van der Waals surface area contributed by atoms with Gasteiger partial charge in [-0.15, -0.1) is 13.2 Å². The molecule has 0 spiro atoms. The number of ether oxygens (including phenoxy) is 1. The Morgan fingerprint density at radius 2 is 1.85 bits per heavy atom. The van der Waals surface area contributed by atoms with E-state index >= 15 is 0 Å². The van der Waals surface area contributed by atoms with E-state index in [1.54, 1.807) is 12.1 Å². The first-order valence-corrected chi connectivity index (χ1v) is 6.10. The van der Waals surface area contributed by atoms with Crippen molar-refractivity contribution >= 4 is 5.91 Å². The number of alkyl halides is 3. The third kappa shape index (κ3) is 6.42. The monoisotopic (exact) mass is 291 g/mol. The Morgan fingerprint density at radius 3 is 2.35 bits per heavy atom. The van der Waals surface area contributed by atoms with Crippen LogP contribution in [0.3, 0.4) is 0 Å². The zero-order valence-corrected chi connectivity index (χ0v) is 10.7. The van der Waals surface area contributed by atoms with Crippen molar-refractivity contribution in [3.05, 3.63) is 29.8 Å². The summed E-state index contributed by atoms with van der Waals surface area (Å²) in [5, 5.41) is 9.17. The number of carbonyl (C=O) groups is 1. The number of unbranched alkanes of at least 4 members (excludes halogenated alkanes) is 1. The SMILES string of the molecule is NC(=O)C(O)CCCCc1ccc(OC(F)(F)F)cc1. The zero-order valence-electron chi connectivity index (χ0n) is 10.7. The second-order valence-corrected chi connectivity index (χ2v) is 4.36. The van der Waals surface area contributed by atoms with Crippen LogP contribution in [0.4, 0.5) is 13.2 Å². The van der Waals surface area contributed by atoms with Crippen LogP contribution in [0, 0.1) is 0 Å². The van der Waals surface area contributed by atoms with Crippen molar-refractivity contribution in [1.29, 1.82) is 0 Å². The van der Waals surface area contributed by atoms with Crippen molar-refractivity contribution in [3.8, 4) is 5.75 Å². The minimum absolute atomic E-state index is 0.259. The Morgan fingerprint density at radius 1 is 1.25 bits per heavy atom. The van der Waals surface area contributed by atoms with E-state index in [1.807, 2.05) is 0 Å². The molecule has 0 saturated heterocycles. The molecule has 1 unspecified atom stereocenters. The highest BCUT2D eigenvalue weighted by atomic mass is 19.4. The lowest BCUT2D eigenvalue weighted by Gasteiger charge is -2.09. The molecule has 3 N–H and O–H groups in total. The molecule has 0 radical (unpaired) electrons. The summed E-state index contributed by atoms with van der Waals surface area (Å²) in [5.41, 5.74) is 5.76. The van der Waals surface area contributed by atoms with Gasteiger partial charge in [0.25, 0.3) is 0 Å². The fourth-order valence-electron chi connectivity index (χ4n) is 1.67. The highest BCUT2D eigenvalue weighted by Crippen LogP contribution is 2.23. The summed E-state index contributed by atoms with van der Waals surface area (Å²) in [5.74, 6) is -1.01. The molecule has 1 atom stereocenters. The number of amides is 1. The van der Waals surface area contributed by atoms with E-state index < -0.39 is 18.4 Å². The number of benzene rings is 1. The molecule has 0 aliphatic rings. The highest BCUT2D eigenvalue weighted by molar-refractivity contribution is 5.78. The van der Waals surface area contributed by atoms with E-state index in [0.29, 0.717) is 19.3 Å². The first-order chi connectivity index (χ1) is 9.28. The van der Waals surface area contributed by atoms with Crippen LogP contribution in [0.15, 0.2) is 24.3 Å². The lowest BCUT2D eigenvalue weighted by Crippen LogP contribution is -2.27. The van der Waals surface area contributed by atoms with Gasteiger partial charge in [-0.25, -0.2) is 0 Å². The molecule has 0 heterocycles. The molecular formula is C13H16F3NO3. The normalized spacial score (nSPS) is 13.0. The van der Waals surface area contributed by atoms with Gasteiger partial charge in [-0.2, -0.15) is 0 Å². The minimum atomic E-state index is -4.69. The molecule has 112 valence electrons. The molecule has 1 aromatic carbocycles. The highest BCUT2D eigenvalue weighted by Gasteiger charge is 2.30. The largest absolute Gasteiger partial charge is 0.573 e. The summed E-state index contributed by atoms with van der Waals surface area (Å²) < 4.78 is 39.6. The van der Waals surface area contributed by atoms with Crippen molar-refractivity contribution in [1.82, 2.24) is 0 Å². The van der Waals surface area contributed by atoms with Crippen molar-refractivity contribution in [3.63, 3.8) is 0 Å². The quantitative estimate of drug-likeness (QED) is 0.756. The van der Waals surface area contributed by atoms with E-state index in [9.17, 15) is 23.1 Å². The standard InChI is InChI=1S/C13H16F3NO3/c14-13(15,16)20-10-7-5-9(6-8-10)3-1-2-4-11(18)12(17)19/h5-8,11,18H,1-4H2,(H2,17,19). The first kappa shape index (κ1) is 16.3. The van der Waals surface area contributed by atoms with Gasteiger partial charge in [0.15, 0.2) is 0 Å². The number of rotatable bonds is 7. The molecule has 20 heavy (non-hydrogen) atoms. The topological polar surface area (TPSA) is 72.6 Å². The fraction of sp³-hybridized carbons (Fsp3) is 0.462. The first-order valence-electron chi connectivity index (χ1n) is 6.10. The summed E-state index contributed by atoms with van der Waals surface area (Å²) in [6, 6.07) is 5.60. The van der Waals surface area contributed by atoms with E-state index in [-0.39, 0.29) is 12.2 Å². The number of primary amides is 1. The average molecular weight is 291 g/mol. The predicted molar refractivity (Wildman–Crippen MR) is 65.9 cm³/mol. The predicted octanol–water partition coefficient (Wildman–Crippen LogP) is 2.14. The number of halogens is 3. The Hall–Kier alpha value is -1.76. The van der Waals surface area contributed by atoms with Crippen LogP contribution in [0.1, 0.15) is 24.8 Å². The lowest BCUT2D eigenvalue weighted by molar-refractivity contribution is -0.274. The maximum atomic E-state index is 11.9. The molecule has 1 rings (SSSR count). The van der Waals surface area contributed by atoms with Gasteiger partial charge < -0.3 is 15.6 Å². The van der Waals surface area contributed by atoms with Crippen LogP contribution in [0.2, 0.25) is 0 Å². The van der Waals surface area contributed by atoms with Crippen molar-refractivity contribution in [2.24, 2.45) is 5.73 Å². The van der Waals surface area contributed by atoms with E-state index in [0.717, 1.165) is 5.56 Å². The Balaban J connectivity index is 2.33. The van der Waals surface area contributed by atoms with Crippen molar-refractivity contribution in [2.75, 3.05) is 0 Å². The van der Waals surface area contributed by atoms with E-state index in [4.69, 9.17) is 5.73 Å². The van der Waals surface area contributed by atoms with Crippen LogP contribution < -0.4 is 10.5 Å². The summed E-state index contributed by atoms with van der Waals surface area (Å²) >= 11 is 0. The van der Waals surface area contributed by atoms with Gasteiger partial charge in [0.1, 0.15) is 11.9 Å². The maximum Gasteiger partial charge on any atom is 0.573 e.